The lowest BCUT2D eigenvalue weighted by atomic mass is 10.0. The van der Waals surface area contributed by atoms with Crippen LogP contribution >= 0.6 is 22.9 Å². The second-order valence-electron chi connectivity index (χ2n) is 8.33. The number of rotatable bonds is 5. The molecule has 5 atom stereocenters. The molecular weight excluding hydrogens is 442 g/mol. The maximum atomic E-state index is 11.3. The van der Waals surface area contributed by atoms with Gasteiger partial charge in [-0.05, 0) is 44.9 Å². The maximum Gasteiger partial charge on any atom is 0.164 e. The van der Waals surface area contributed by atoms with Crippen LogP contribution in [0.2, 0.25) is 4.34 Å². The molecule has 2 fully saturated rings. The summed E-state index contributed by atoms with van der Waals surface area (Å²) in [5, 5.41) is 21.6. The van der Waals surface area contributed by atoms with Crippen molar-refractivity contribution in [1.82, 2.24) is 14.5 Å². The third-order valence-electron chi connectivity index (χ3n) is 5.82. The number of fused-ring (bicyclic) bond motifs is 2. The molecule has 2 aliphatic rings. The zero-order valence-electron chi connectivity index (χ0n) is 17.4. The molecule has 0 aromatic carbocycles. The molecule has 1 unspecified atom stereocenters. The number of aliphatic hydroxyl groups is 2. The Morgan fingerprint density at radius 2 is 2.06 bits per heavy atom. The molecule has 0 aliphatic carbocycles. The summed E-state index contributed by atoms with van der Waals surface area (Å²) in [6.45, 7) is 5.60. The fourth-order valence-corrected chi connectivity index (χ4v) is 5.85. The van der Waals surface area contributed by atoms with Crippen LogP contribution in [0, 0.1) is 6.92 Å². The quantitative estimate of drug-likeness (QED) is 0.597. The Morgan fingerprint density at radius 3 is 2.84 bits per heavy atom. The number of aliphatic hydroxyl groups excluding tert-OH is 2. The number of halogens is 1. The highest BCUT2D eigenvalue weighted by Gasteiger charge is 2.58. The topological polar surface area (TPSA) is 98.9 Å². The minimum atomic E-state index is -0.979. The maximum absolute atomic E-state index is 11.3. The summed E-state index contributed by atoms with van der Waals surface area (Å²) in [6, 6.07) is 3.73. The molecule has 2 aliphatic heterocycles. The minimum Gasteiger partial charge on any atom is -0.396 e. The SMILES string of the molecule is Cc1ncnc2c1ccn2[C@@H]1O[C@H](C(O)c2sc(Cl)cc2CCO)[C@H]2OC(C)(C)O[C@H]21. The van der Waals surface area contributed by atoms with Gasteiger partial charge in [0.2, 0.25) is 0 Å². The number of thiophene rings is 1. The van der Waals surface area contributed by atoms with Gasteiger partial charge in [0.15, 0.2) is 12.0 Å². The Labute approximate surface area is 188 Å². The summed E-state index contributed by atoms with van der Waals surface area (Å²) in [4.78, 5) is 9.37. The number of aromatic nitrogens is 3. The van der Waals surface area contributed by atoms with Crippen molar-refractivity contribution in [2.45, 2.75) is 63.6 Å². The van der Waals surface area contributed by atoms with E-state index < -0.39 is 36.4 Å². The average Bonchev–Trinajstić information content (AvgIpc) is 3.44. The Morgan fingerprint density at radius 1 is 1.29 bits per heavy atom. The molecule has 0 bridgehead atoms. The molecule has 0 saturated carbocycles. The lowest BCUT2D eigenvalue weighted by molar-refractivity contribution is -0.207. The first kappa shape index (κ1) is 21.3. The van der Waals surface area contributed by atoms with Gasteiger partial charge in [0.25, 0.3) is 0 Å². The molecule has 5 heterocycles. The second-order valence-corrected chi connectivity index (χ2v) is 10.0. The monoisotopic (exact) mass is 465 g/mol. The van der Waals surface area contributed by atoms with Crippen LogP contribution in [-0.4, -0.2) is 55.5 Å². The number of aryl methyl sites for hydroxylation is 1. The van der Waals surface area contributed by atoms with Gasteiger partial charge >= 0.3 is 0 Å². The van der Waals surface area contributed by atoms with Gasteiger partial charge in [-0.2, -0.15) is 0 Å². The fraction of sp³-hybridized carbons (Fsp3) is 0.524. The van der Waals surface area contributed by atoms with Gasteiger partial charge in [0.1, 0.15) is 36.4 Å². The van der Waals surface area contributed by atoms with Crippen molar-refractivity contribution in [2.75, 3.05) is 6.61 Å². The van der Waals surface area contributed by atoms with Gasteiger partial charge in [-0.1, -0.05) is 11.6 Å². The van der Waals surface area contributed by atoms with Crippen molar-refractivity contribution in [2.24, 2.45) is 0 Å². The molecule has 31 heavy (non-hydrogen) atoms. The third kappa shape index (κ3) is 3.58. The zero-order chi connectivity index (χ0) is 21.9. The van der Waals surface area contributed by atoms with E-state index in [0.29, 0.717) is 15.6 Å². The van der Waals surface area contributed by atoms with Crippen molar-refractivity contribution in [3.8, 4) is 0 Å². The second kappa shape index (κ2) is 7.77. The Bertz CT molecular complexity index is 1120. The summed E-state index contributed by atoms with van der Waals surface area (Å²) < 4.78 is 21.2. The van der Waals surface area contributed by atoms with Crippen LogP contribution in [0.25, 0.3) is 11.0 Å². The van der Waals surface area contributed by atoms with Gasteiger partial charge in [-0.25, -0.2) is 9.97 Å². The predicted molar refractivity (Wildman–Crippen MR) is 115 cm³/mol. The van der Waals surface area contributed by atoms with Gasteiger partial charge in [-0.15, -0.1) is 11.3 Å². The highest BCUT2D eigenvalue weighted by Crippen LogP contribution is 2.48. The molecule has 0 amide bonds. The highest BCUT2D eigenvalue weighted by molar-refractivity contribution is 7.16. The first-order valence-electron chi connectivity index (χ1n) is 10.2. The number of hydrogen-bond acceptors (Lipinski definition) is 8. The van der Waals surface area contributed by atoms with Crippen LogP contribution in [0.1, 0.15) is 42.3 Å². The van der Waals surface area contributed by atoms with Gasteiger partial charge in [-0.3, -0.25) is 0 Å². The van der Waals surface area contributed by atoms with Crippen LogP contribution in [0.5, 0.6) is 0 Å². The molecule has 166 valence electrons. The first-order valence-corrected chi connectivity index (χ1v) is 11.3. The minimum absolute atomic E-state index is 0.0337. The lowest BCUT2D eigenvalue weighted by Gasteiger charge is -2.27. The average molecular weight is 466 g/mol. The van der Waals surface area contributed by atoms with E-state index in [9.17, 15) is 10.2 Å². The van der Waals surface area contributed by atoms with Gasteiger partial charge < -0.3 is 29.0 Å². The fourth-order valence-electron chi connectivity index (χ4n) is 4.51. The smallest absolute Gasteiger partial charge is 0.164 e. The number of ether oxygens (including phenoxy) is 3. The Balaban J connectivity index is 1.53. The molecule has 5 rings (SSSR count). The van der Waals surface area contributed by atoms with E-state index in [-0.39, 0.29) is 6.61 Å². The molecule has 0 radical (unpaired) electrons. The summed E-state index contributed by atoms with van der Waals surface area (Å²) in [7, 11) is 0. The van der Waals surface area contributed by atoms with Crippen LogP contribution in [0.4, 0.5) is 0 Å². The molecular formula is C21H24ClN3O5S. The van der Waals surface area contributed by atoms with Crippen molar-refractivity contribution >= 4 is 34.0 Å². The largest absolute Gasteiger partial charge is 0.396 e. The molecule has 3 aromatic heterocycles. The summed E-state index contributed by atoms with van der Waals surface area (Å²) in [5.41, 5.74) is 2.42. The van der Waals surface area contributed by atoms with E-state index in [4.69, 9.17) is 25.8 Å². The van der Waals surface area contributed by atoms with Gasteiger partial charge in [0.05, 0.1) is 10.0 Å². The first-order chi connectivity index (χ1) is 14.8. The third-order valence-corrected chi connectivity index (χ3v) is 7.20. The Hall–Kier alpha value is -1.59. The van der Waals surface area contributed by atoms with E-state index in [1.807, 2.05) is 37.6 Å². The molecule has 10 heteroatoms. The van der Waals surface area contributed by atoms with E-state index in [0.717, 1.165) is 22.3 Å². The normalized spacial score (nSPS) is 28.3. The van der Waals surface area contributed by atoms with E-state index in [2.05, 4.69) is 9.97 Å². The van der Waals surface area contributed by atoms with E-state index in [1.54, 1.807) is 6.07 Å². The summed E-state index contributed by atoms with van der Waals surface area (Å²) in [5.74, 6) is -0.815. The highest BCUT2D eigenvalue weighted by atomic mass is 35.5. The molecule has 3 aromatic rings. The predicted octanol–water partition coefficient (Wildman–Crippen LogP) is 3.14. The van der Waals surface area contributed by atoms with Crippen LogP contribution in [-0.2, 0) is 20.6 Å². The lowest BCUT2D eigenvalue weighted by Crippen LogP contribution is -2.34. The standard InChI is InChI=1S/C21H24ClN3O5S/c1-10-12-4-6-25(19(12)24-9-23-10)20-17-16(29-21(2,3)30-17)15(28-20)14(27)18-11(5-7-26)8-13(22)31-18/h4,6,8-9,14-17,20,26-27H,5,7H2,1-3H3/t14?,15-,16-,17-,20-/m1/s1. The van der Waals surface area contributed by atoms with E-state index >= 15 is 0 Å². The Kier molecular flexibility index (Phi) is 5.33. The van der Waals surface area contributed by atoms with Gasteiger partial charge in [0, 0.05) is 23.1 Å². The van der Waals surface area contributed by atoms with Crippen LogP contribution in [0.15, 0.2) is 24.7 Å². The van der Waals surface area contributed by atoms with Crippen LogP contribution < -0.4 is 0 Å². The summed E-state index contributed by atoms with van der Waals surface area (Å²) >= 11 is 7.50. The van der Waals surface area contributed by atoms with Crippen molar-refractivity contribution in [3.05, 3.63) is 45.1 Å². The number of hydrogen-bond donors (Lipinski definition) is 2. The zero-order valence-corrected chi connectivity index (χ0v) is 18.9. The number of nitrogens with zero attached hydrogens (tertiary/aromatic N) is 3. The molecule has 2 N–H and O–H groups in total. The molecule has 8 nitrogen and oxygen atoms in total. The van der Waals surface area contributed by atoms with Crippen molar-refractivity contribution < 1.29 is 24.4 Å². The van der Waals surface area contributed by atoms with Crippen molar-refractivity contribution in [1.29, 1.82) is 0 Å². The van der Waals surface area contributed by atoms with Crippen LogP contribution in [0.3, 0.4) is 0 Å². The summed E-state index contributed by atoms with van der Waals surface area (Å²) in [6.07, 6.45) is 0.720. The van der Waals surface area contributed by atoms with E-state index in [1.165, 1.54) is 17.7 Å². The van der Waals surface area contributed by atoms with Crippen molar-refractivity contribution in [3.63, 3.8) is 0 Å². The molecule has 2 saturated heterocycles. The molecule has 0 spiro atoms.